The topological polar surface area (TPSA) is 63.3 Å². The Bertz CT molecular complexity index is 331. The van der Waals surface area contributed by atoms with Crippen molar-refractivity contribution in [3.8, 4) is 0 Å². The molecule has 1 aromatic rings. The molecular formula is C10H18N2O3S. The Balaban J connectivity index is 2.24. The number of hydrogen-bond acceptors (Lipinski definition) is 5. The van der Waals surface area contributed by atoms with E-state index in [0.717, 1.165) is 5.69 Å². The first-order valence-corrected chi connectivity index (χ1v) is 6.24. The van der Waals surface area contributed by atoms with E-state index in [2.05, 4.69) is 10.3 Å². The summed E-state index contributed by atoms with van der Waals surface area (Å²) in [6.45, 7) is 6.35. The average molecular weight is 246 g/mol. The van der Waals surface area contributed by atoms with Gasteiger partial charge < -0.3 is 19.8 Å². The van der Waals surface area contributed by atoms with Crippen molar-refractivity contribution in [2.75, 3.05) is 19.8 Å². The summed E-state index contributed by atoms with van der Waals surface area (Å²) in [6.07, 6.45) is -0.222. The van der Waals surface area contributed by atoms with Gasteiger partial charge in [0.25, 0.3) is 0 Å². The number of nitrogens with one attached hydrogen (secondary N) is 2. The van der Waals surface area contributed by atoms with Crippen molar-refractivity contribution < 1.29 is 9.47 Å². The van der Waals surface area contributed by atoms with Gasteiger partial charge in [0.05, 0.1) is 0 Å². The molecule has 0 saturated heterocycles. The van der Waals surface area contributed by atoms with Gasteiger partial charge in [-0.25, -0.2) is 0 Å². The average Bonchev–Trinajstić information content (AvgIpc) is 2.65. The van der Waals surface area contributed by atoms with Crippen molar-refractivity contribution in [2.45, 2.75) is 26.7 Å². The Morgan fingerprint density at radius 3 is 2.62 bits per heavy atom. The zero-order chi connectivity index (χ0) is 11.8. The molecule has 0 bridgehead atoms. The Morgan fingerprint density at radius 2 is 2.12 bits per heavy atom. The van der Waals surface area contributed by atoms with Gasteiger partial charge in [-0.2, -0.15) is 0 Å². The SMILES string of the molecule is CCOC(CNCc1csc(=O)[nH]1)OCC. The lowest BCUT2D eigenvalue weighted by atomic mass is 10.4. The van der Waals surface area contributed by atoms with Crippen LogP contribution < -0.4 is 10.2 Å². The second-order valence-electron chi connectivity index (χ2n) is 3.14. The highest BCUT2D eigenvalue weighted by Gasteiger charge is 2.06. The van der Waals surface area contributed by atoms with Crippen molar-refractivity contribution in [3.63, 3.8) is 0 Å². The monoisotopic (exact) mass is 246 g/mol. The van der Waals surface area contributed by atoms with Gasteiger partial charge >= 0.3 is 4.87 Å². The molecule has 1 aromatic heterocycles. The Hall–Kier alpha value is -0.690. The predicted molar refractivity (Wildman–Crippen MR) is 63.7 cm³/mol. The normalized spacial score (nSPS) is 11.2. The molecule has 92 valence electrons. The molecule has 0 atom stereocenters. The second kappa shape index (κ2) is 7.56. The summed E-state index contributed by atoms with van der Waals surface area (Å²) in [5.74, 6) is 0. The fourth-order valence-electron chi connectivity index (χ4n) is 1.26. The van der Waals surface area contributed by atoms with Gasteiger partial charge in [-0.1, -0.05) is 11.3 Å². The maximum absolute atomic E-state index is 10.9. The largest absolute Gasteiger partial charge is 0.352 e. The molecule has 1 heterocycles. The second-order valence-corrected chi connectivity index (χ2v) is 3.99. The number of hydrogen-bond donors (Lipinski definition) is 2. The van der Waals surface area contributed by atoms with Crippen LogP contribution >= 0.6 is 11.3 Å². The van der Waals surface area contributed by atoms with Crippen LogP contribution in [0.25, 0.3) is 0 Å². The number of H-pyrrole nitrogens is 1. The Labute approximate surface area is 98.8 Å². The quantitative estimate of drug-likeness (QED) is 0.670. The lowest BCUT2D eigenvalue weighted by molar-refractivity contribution is -0.133. The van der Waals surface area contributed by atoms with Crippen LogP contribution in [0.2, 0.25) is 0 Å². The van der Waals surface area contributed by atoms with Crippen LogP contribution in [0.4, 0.5) is 0 Å². The summed E-state index contributed by atoms with van der Waals surface area (Å²) in [6, 6.07) is 0. The van der Waals surface area contributed by atoms with Crippen LogP contribution in [0.1, 0.15) is 19.5 Å². The van der Waals surface area contributed by atoms with E-state index in [1.165, 1.54) is 11.3 Å². The lowest BCUT2D eigenvalue weighted by Gasteiger charge is -2.17. The molecule has 1 rings (SSSR count). The van der Waals surface area contributed by atoms with Crippen LogP contribution in [0.5, 0.6) is 0 Å². The molecule has 0 unspecified atom stereocenters. The summed E-state index contributed by atoms with van der Waals surface area (Å²) in [7, 11) is 0. The minimum atomic E-state index is -0.222. The van der Waals surface area contributed by atoms with Crippen LogP contribution in [0, 0.1) is 0 Å². The van der Waals surface area contributed by atoms with Crippen molar-refractivity contribution >= 4 is 11.3 Å². The zero-order valence-electron chi connectivity index (χ0n) is 9.62. The van der Waals surface area contributed by atoms with Gasteiger partial charge in [0.15, 0.2) is 6.29 Å². The molecule has 0 amide bonds. The summed E-state index contributed by atoms with van der Waals surface area (Å²) in [5, 5.41) is 4.98. The molecule has 16 heavy (non-hydrogen) atoms. The minimum absolute atomic E-state index is 0.0250. The Morgan fingerprint density at radius 1 is 1.44 bits per heavy atom. The highest BCUT2D eigenvalue weighted by molar-refractivity contribution is 7.07. The van der Waals surface area contributed by atoms with Gasteiger partial charge in [0.2, 0.25) is 0 Å². The first-order chi connectivity index (χ1) is 7.76. The van der Waals surface area contributed by atoms with E-state index in [9.17, 15) is 4.79 Å². The number of thiazole rings is 1. The van der Waals surface area contributed by atoms with E-state index in [4.69, 9.17) is 9.47 Å². The molecule has 5 nitrogen and oxygen atoms in total. The highest BCUT2D eigenvalue weighted by atomic mass is 32.1. The standard InChI is InChI=1S/C10H18N2O3S/c1-3-14-9(15-4-2)6-11-5-8-7-16-10(13)12-8/h7,9,11H,3-6H2,1-2H3,(H,12,13). The van der Waals surface area contributed by atoms with E-state index < -0.39 is 0 Å². The number of ether oxygens (including phenoxy) is 2. The molecule has 0 radical (unpaired) electrons. The van der Waals surface area contributed by atoms with Crippen LogP contribution in [-0.4, -0.2) is 31.0 Å². The summed E-state index contributed by atoms with van der Waals surface area (Å²) in [5.41, 5.74) is 0.891. The molecule has 0 saturated carbocycles. The van der Waals surface area contributed by atoms with E-state index in [1.807, 2.05) is 19.2 Å². The van der Waals surface area contributed by atoms with Gasteiger partial charge in [0, 0.05) is 37.4 Å². The Kier molecular flexibility index (Phi) is 6.32. The summed E-state index contributed by atoms with van der Waals surface area (Å²) in [4.78, 5) is 13.6. The fraction of sp³-hybridized carbons (Fsp3) is 0.700. The molecule has 0 fully saturated rings. The van der Waals surface area contributed by atoms with Crippen molar-refractivity contribution in [2.24, 2.45) is 0 Å². The minimum Gasteiger partial charge on any atom is -0.352 e. The van der Waals surface area contributed by atoms with Crippen LogP contribution in [-0.2, 0) is 16.0 Å². The first-order valence-electron chi connectivity index (χ1n) is 5.36. The smallest absolute Gasteiger partial charge is 0.304 e. The molecular weight excluding hydrogens is 228 g/mol. The van der Waals surface area contributed by atoms with Crippen LogP contribution in [0.3, 0.4) is 0 Å². The molecule has 0 aliphatic heterocycles. The first kappa shape index (κ1) is 13.4. The third-order valence-electron chi connectivity index (χ3n) is 1.90. The van der Waals surface area contributed by atoms with Gasteiger partial charge in [-0.3, -0.25) is 4.79 Å². The van der Waals surface area contributed by atoms with E-state index in [-0.39, 0.29) is 11.2 Å². The van der Waals surface area contributed by atoms with E-state index in [1.54, 1.807) is 0 Å². The van der Waals surface area contributed by atoms with E-state index in [0.29, 0.717) is 26.3 Å². The third kappa shape index (κ3) is 4.89. The molecule has 2 N–H and O–H groups in total. The zero-order valence-corrected chi connectivity index (χ0v) is 10.4. The van der Waals surface area contributed by atoms with Crippen molar-refractivity contribution in [3.05, 3.63) is 20.7 Å². The highest BCUT2D eigenvalue weighted by Crippen LogP contribution is 1.97. The predicted octanol–water partition coefficient (Wildman–Crippen LogP) is 0.925. The van der Waals surface area contributed by atoms with Gasteiger partial charge in [0.1, 0.15) is 0 Å². The summed E-state index contributed by atoms with van der Waals surface area (Å²) >= 11 is 1.17. The maximum atomic E-state index is 10.9. The molecule has 0 aliphatic carbocycles. The van der Waals surface area contributed by atoms with Gasteiger partial charge in [-0.15, -0.1) is 0 Å². The fourth-order valence-corrected chi connectivity index (χ4v) is 1.84. The lowest BCUT2D eigenvalue weighted by Crippen LogP contribution is -2.31. The van der Waals surface area contributed by atoms with Crippen LogP contribution in [0.15, 0.2) is 10.2 Å². The molecule has 6 heteroatoms. The number of aromatic amines is 1. The number of aromatic nitrogens is 1. The maximum Gasteiger partial charge on any atom is 0.304 e. The molecule has 0 spiro atoms. The van der Waals surface area contributed by atoms with Gasteiger partial charge in [-0.05, 0) is 13.8 Å². The van der Waals surface area contributed by atoms with Crippen molar-refractivity contribution in [1.29, 1.82) is 0 Å². The van der Waals surface area contributed by atoms with E-state index >= 15 is 0 Å². The third-order valence-corrected chi connectivity index (χ3v) is 2.62. The number of rotatable bonds is 8. The molecule has 0 aromatic carbocycles. The molecule has 0 aliphatic rings. The summed E-state index contributed by atoms with van der Waals surface area (Å²) < 4.78 is 10.7. The van der Waals surface area contributed by atoms with Crippen molar-refractivity contribution in [1.82, 2.24) is 10.3 Å².